The molecule has 5 aliphatic rings. The summed E-state index contributed by atoms with van der Waals surface area (Å²) in [4.78, 5) is 11.6. The van der Waals surface area contributed by atoms with Gasteiger partial charge in [0.25, 0.3) is 0 Å². The lowest BCUT2D eigenvalue weighted by Crippen LogP contribution is -2.56. The van der Waals surface area contributed by atoms with E-state index in [2.05, 4.69) is 27.7 Å². The van der Waals surface area contributed by atoms with Crippen molar-refractivity contribution in [2.45, 2.75) is 172 Å². The summed E-state index contributed by atoms with van der Waals surface area (Å²) in [6.07, 6.45) is 2.01. The lowest BCUT2D eigenvalue weighted by Gasteiger charge is -2.48. The van der Waals surface area contributed by atoms with E-state index in [4.69, 9.17) is 23.7 Å². The van der Waals surface area contributed by atoms with Crippen LogP contribution >= 0.6 is 0 Å². The van der Waals surface area contributed by atoms with Gasteiger partial charge in [-0.05, 0) is 64.2 Å². The largest absolute Gasteiger partial charge is 0.481 e. The van der Waals surface area contributed by atoms with E-state index in [1.807, 2.05) is 13.8 Å². The third kappa shape index (κ3) is 6.31. The third-order valence-electron chi connectivity index (χ3n) is 12.8. The molecule has 5 aliphatic heterocycles. The van der Waals surface area contributed by atoms with Crippen LogP contribution in [0.4, 0.5) is 0 Å². The average molecular weight is 657 g/mol. The molecule has 0 amide bonds. The van der Waals surface area contributed by atoms with Crippen molar-refractivity contribution in [3.63, 3.8) is 0 Å². The summed E-state index contributed by atoms with van der Waals surface area (Å²) in [5, 5.41) is 52.3. The topological polar surface area (TPSA) is 164 Å². The Bertz CT molecular complexity index is 1090. The van der Waals surface area contributed by atoms with Gasteiger partial charge in [0.15, 0.2) is 11.6 Å². The number of carboxylic acids is 1. The Morgan fingerprint density at radius 2 is 1.70 bits per heavy atom. The van der Waals surface area contributed by atoms with E-state index in [1.54, 1.807) is 6.92 Å². The molecule has 46 heavy (non-hydrogen) atoms. The van der Waals surface area contributed by atoms with E-state index in [0.717, 1.165) is 32.1 Å². The number of carboxylic acid groups (broad SMARTS) is 1. The molecule has 0 aromatic rings. The van der Waals surface area contributed by atoms with Gasteiger partial charge in [-0.15, -0.1) is 0 Å². The van der Waals surface area contributed by atoms with Crippen LogP contribution in [-0.4, -0.2) is 104 Å². The Kier molecular flexibility index (Phi) is 10.4. The predicted molar refractivity (Wildman–Crippen MR) is 168 cm³/mol. The highest BCUT2D eigenvalue weighted by atomic mass is 16.7. The van der Waals surface area contributed by atoms with Crippen LogP contribution in [0.3, 0.4) is 0 Å². The number of aliphatic carboxylic acids is 1. The Morgan fingerprint density at radius 3 is 2.33 bits per heavy atom. The minimum absolute atomic E-state index is 0.166. The highest BCUT2D eigenvalue weighted by Gasteiger charge is 2.62. The molecule has 0 aromatic carbocycles. The van der Waals surface area contributed by atoms with E-state index in [9.17, 15) is 30.3 Å². The molecule has 17 unspecified atom stereocenters. The van der Waals surface area contributed by atoms with Gasteiger partial charge in [0.05, 0.1) is 66.5 Å². The first-order valence-electron chi connectivity index (χ1n) is 17.7. The Morgan fingerprint density at radius 1 is 1.00 bits per heavy atom. The summed E-state index contributed by atoms with van der Waals surface area (Å²) in [5.41, 5.74) is -1.19. The smallest absolute Gasteiger partial charge is 0.308 e. The van der Waals surface area contributed by atoms with Crippen LogP contribution in [0.15, 0.2) is 0 Å². The van der Waals surface area contributed by atoms with Crippen LogP contribution in [0.1, 0.15) is 107 Å². The fraction of sp³-hybridized carbons (Fsp3) is 0.971. The van der Waals surface area contributed by atoms with Crippen LogP contribution in [0, 0.1) is 35.5 Å². The monoisotopic (exact) mass is 656 g/mol. The lowest BCUT2D eigenvalue weighted by molar-refractivity contribution is -0.336. The maximum Gasteiger partial charge on any atom is 0.308 e. The molecular formula is C35H60O11. The Labute approximate surface area is 274 Å². The molecular weight excluding hydrogens is 596 g/mol. The maximum absolute atomic E-state index is 11.6. The molecule has 266 valence electrons. The number of hydrogen-bond acceptors (Lipinski definition) is 10. The first-order valence-corrected chi connectivity index (χ1v) is 17.7. The average Bonchev–Trinajstić information content (AvgIpc) is 3.72. The highest BCUT2D eigenvalue weighted by Crippen LogP contribution is 2.54. The number of hydrogen-bond donors (Lipinski definition) is 5. The van der Waals surface area contributed by atoms with Crippen molar-refractivity contribution in [2.75, 3.05) is 6.61 Å². The molecule has 0 aromatic heterocycles. The minimum atomic E-state index is -1.57. The lowest BCUT2D eigenvalue weighted by atomic mass is 9.78. The standard InChI is InChI=1S/C35H60O11/c1-9-33(30-19(3)15-25(42-30)28-18(2)14-20(4)35(41,17-36)45-28)11-10-26(43-33)32(8)12-13-34(46-32)16-24(37)21(5)29(44-34)22(6)27(38)23(7)31(39)40/h18-30,36-38,41H,9-17H2,1-8H3,(H,39,40). The molecule has 5 heterocycles. The molecule has 5 N–H and O–H groups in total. The van der Waals surface area contributed by atoms with Gasteiger partial charge in [0.1, 0.15) is 0 Å². The molecule has 0 saturated carbocycles. The first kappa shape index (κ1) is 36.4. The van der Waals surface area contributed by atoms with Crippen LogP contribution < -0.4 is 0 Å². The SMILES string of the molecule is CCC1(C2OC(C3OC(O)(CO)C(C)CC3C)CC2C)CCC(C2(C)CCC3(CC(O)C(C)C(C(C)C(O)C(C)C(=O)O)O3)O2)O1. The summed E-state index contributed by atoms with van der Waals surface area (Å²) in [6.45, 7) is 15.1. The quantitative estimate of drug-likeness (QED) is 0.246. The fourth-order valence-electron chi connectivity index (χ4n) is 9.51. The molecule has 0 aliphatic carbocycles. The van der Waals surface area contributed by atoms with E-state index < -0.39 is 65.5 Å². The zero-order valence-electron chi connectivity index (χ0n) is 29.1. The van der Waals surface area contributed by atoms with Crippen LogP contribution in [0.2, 0.25) is 0 Å². The molecule has 5 rings (SSSR count). The van der Waals surface area contributed by atoms with E-state index >= 15 is 0 Å². The van der Waals surface area contributed by atoms with Gasteiger partial charge in [-0.25, -0.2) is 0 Å². The molecule has 5 fully saturated rings. The maximum atomic E-state index is 11.6. The molecule has 1 spiro atoms. The zero-order valence-corrected chi connectivity index (χ0v) is 29.1. The molecule has 17 atom stereocenters. The van der Waals surface area contributed by atoms with Crippen molar-refractivity contribution in [3.05, 3.63) is 0 Å². The molecule has 11 heteroatoms. The molecule has 0 bridgehead atoms. The summed E-state index contributed by atoms with van der Waals surface area (Å²) in [5.74, 6) is -5.30. The van der Waals surface area contributed by atoms with Crippen molar-refractivity contribution in [2.24, 2.45) is 35.5 Å². The minimum Gasteiger partial charge on any atom is -0.481 e. The first-order chi connectivity index (χ1) is 21.4. The highest BCUT2D eigenvalue weighted by molar-refractivity contribution is 5.70. The van der Waals surface area contributed by atoms with Crippen LogP contribution in [0.25, 0.3) is 0 Å². The Hall–Kier alpha value is -0.890. The van der Waals surface area contributed by atoms with Gasteiger partial charge in [0.2, 0.25) is 0 Å². The second-order valence-corrected chi connectivity index (χ2v) is 16.1. The van der Waals surface area contributed by atoms with Gasteiger partial charge in [-0.1, -0.05) is 41.5 Å². The van der Waals surface area contributed by atoms with Crippen molar-refractivity contribution < 1.29 is 54.0 Å². The number of rotatable bonds is 9. The molecule has 5 saturated heterocycles. The number of ether oxygens (including phenoxy) is 5. The summed E-state index contributed by atoms with van der Waals surface area (Å²) in [7, 11) is 0. The number of aliphatic hydroxyl groups excluding tert-OH is 3. The molecule has 0 radical (unpaired) electrons. The second kappa shape index (κ2) is 13.1. The normalized spacial score (nSPS) is 51.7. The van der Waals surface area contributed by atoms with Gasteiger partial charge in [0, 0.05) is 30.6 Å². The predicted octanol–water partition coefficient (Wildman–Crippen LogP) is 3.62. The van der Waals surface area contributed by atoms with Gasteiger partial charge in [-0.2, -0.15) is 0 Å². The second-order valence-electron chi connectivity index (χ2n) is 16.1. The van der Waals surface area contributed by atoms with E-state index in [-0.39, 0.29) is 48.1 Å². The van der Waals surface area contributed by atoms with E-state index in [1.165, 1.54) is 6.92 Å². The summed E-state index contributed by atoms with van der Waals surface area (Å²) < 4.78 is 33.5. The third-order valence-corrected chi connectivity index (χ3v) is 12.8. The van der Waals surface area contributed by atoms with E-state index in [0.29, 0.717) is 19.3 Å². The van der Waals surface area contributed by atoms with Gasteiger partial charge >= 0.3 is 5.97 Å². The fourth-order valence-corrected chi connectivity index (χ4v) is 9.51. The summed E-state index contributed by atoms with van der Waals surface area (Å²) >= 11 is 0. The van der Waals surface area contributed by atoms with Gasteiger partial charge in [-0.3, -0.25) is 4.79 Å². The number of aliphatic hydroxyl groups is 4. The zero-order chi connectivity index (χ0) is 34.0. The summed E-state index contributed by atoms with van der Waals surface area (Å²) in [6, 6.07) is 0. The number of carbonyl (C=O) groups is 1. The molecule has 11 nitrogen and oxygen atoms in total. The van der Waals surface area contributed by atoms with Crippen LogP contribution in [0.5, 0.6) is 0 Å². The van der Waals surface area contributed by atoms with Crippen molar-refractivity contribution >= 4 is 5.97 Å². The van der Waals surface area contributed by atoms with Crippen molar-refractivity contribution in [3.8, 4) is 0 Å². The van der Waals surface area contributed by atoms with Crippen LogP contribution in [-0.2, 0) is 28.5 Å². The van der Waals surface area contributed by atoms with Crippen molar-refractivity contribution in [1.29, 1.82) is 0 Å². The van der Waals surface area contributed by atoms with Gasteiger partial charge < -0.3 is 49.2 Å². The van der Waals surface area contributed by atoms with Crippen molar-refractivity contribution in [1.82, 2.24) is 0 Å². The Balaban J connectivity index is 1.28.